The molecule has 2 aromatic rings. The Bertz CT molecular complexity index is 582. The SMILES string of the molecule is CCCNc1nc(Cl)nc(Oc2ccccc2SC)n1. The summed E-state index contributed by atoms with van der Waals surface area (Å²) in [5.74, 6) is 1.12. The van der Waals surface area contributed by atoms with Crippen molar-refractivity contribution < 1.29 is 4.74 Å². The maximum absolute atomic E-state index is 5.88. The first kappa shape index (κ1) is 14.9. The zero-order valence-electron chi connectivity index (χ0n) is 11.3. The van der Waals surface area contributed by atoms with Gasteiger partial charge in [-0.25, -0.2) is 0 Å². The minimum atomic E-state index is 0.107. The molecule has 0 aliphatic carbocycles. The lowest BCUT2D eigenvalue weighted by atomic mass is 10.3. The van der Waals surface area contributed by atoms with E-state index in [0.29, 0.717) is 11.7 Å². The van der Waals surface area contributed by atoms with Crippen molar-refractivity contribution in [2.75, 3.05) is 18.1 Å². The Kier molecular flexibility index (Phi) is 5.43. The predicted molar refractivity (Wildman–Crippen MR) is 81.9 cm³/mol. The van der Waals surface area contributed by atoms with Crippen LogP contribution in [0.5, 0.6) is 11.8 Å². The first-order valence-corrected chi connectivity index (χ1v) is 7.79. The standard InChI is InChI=1S/C13H15ClN4OS/c1-3-8-15-12-16-11(14)17-13(18-12)19-9-6-4-5-7-10(9)20-2/h4-7H,3,8H2,1-2H3,(H,15,16,17,18). The van der Waals surface area contributed by atoms with Crippen molar-refractivity contribution in [2.24, 2.45) is 0 Å². The van der Waals surface area contributed by atoms with Gasteiger partial charge in [0.25, 0.3) is 0 Å². The van der Waals surface area contributed by atoms with Crippen LogP contribution in [0.3, 0.4) is 0 Å². The number of hydrogen-bond acceptors (Lipinski definition) is 6. The number of thioether (sulfide) groups is 1. The van der Waals surface area contributed by atoms with E-state index in [0.717, 1.165) is 17.9 Å². The number of nitrogens with one attached hydrogen (secondary N) is 1. The van der Waals surface area contributed by atoms with Gasteiger partial charge in [0.15, 0.2) is 0 Å². The molecule has 0 spiro atoms. The third-order valence-electron chi connectivity index (χ3n) is 2.39. The van der Waals surface area contributed by atoms with E-state index in [1.165, 1.54) is 0 Å². The molecule has 106 valence electrons. The molecule has 0 atom stereocenters. The fraction of sp³-hybridized carbons (Fsp3) is 0.308. The van der Waals surface area contributed by atoms with E-state index in [4.69, 9.17) is 16.3 Å². The maximum atomic E-state index is 5.88. The number of halogens is 1. The number of nitrogens with zero attached hydrogens (tertiary/aromatic N) is 3. The summed E-state index contributed by atoms with van der Waals surface area (Å²) in [5.41, 5.74) is 0. The summed E-state index contributed by atoms with van der Waals surface area (Å²) < 4.78 is 5.69. The lowest BCUT2D eigenvalue weighted by molar-refractivity contribution is 0.430. The Balaban J connectivity index is 2.22. The van der Waals surface area contributed by atoms with Gasteiger partial charge in [0.1, 0.15) is 5.75 Å². The molecule has 0 radical (unpaired) electrons. The van der Waals surface area contributed by atoms with E-state index in [9.17, 15) is 0 Å². The van der Waals surface area contributed by atoms with Crippen LogP contribution in [0.4, 0.5) is 5.95 Å². The van der Waals surface area contributed by atoms with Crippen molar-refractivity contribution in [3.05, 3.63) is 29.5 Å². The van der Waals surface area contributed by atoms with Gasteiger partial charge in [-0.15, -0.1) is 11.8 Å². The van der Waals surface area contributed by atoms with Crippen LogP contribution in [0.2, 0.25) is 5.28 Å². The zero-order valence-corrected chi connectivity index (χ0v) is 12.8. The van der Waals surface area contributed by atoms with Crippen LogP contribution in [0.15, 0.2) is 29.2 Å². The van der Waals surface area contributed by atoms with Gasteiger partial charge in [0.2, 0.25) is 11.2 Å². The molecular weight excluding hydrogens is 296 g/mol. The van der Waals surface area contributed by atoms with E-state index in [-0.39, 0.29) is 11.3 Å². The predicted octanol–water partition coefficient (Wildman–Crippen LogP) is 3.86. The molecule has 0 fully saturated rings. The molecule has 0 saturated heterocycles. The van der Waals surface area contributed by atoms with Gasteiger partial charge >= 0.3 is 6.01 Å². The highest BCUT2D eigenvalue weighted by Gasteiger charge is 2.09. The van der Waals surface area contributed by atoms with Crippen LogP contribution in [-0.2, 0) is 0 Å². The van der Waals surface area contributed by atoms with Crippen molar-refractivity contribution in [2.45, 2.75) is 18.2 Å². The number of aromatic nitrogens is 3. The first-order valence-electron chi connectivity index (χ1n) is 6.19. The molecular formula is C13H15ClN4OS. The Morgan fingerprint density at radius 3 is 2.80 bits per heavy atom. The fourth-order valence-electron chi connectivity index (χ4n) is 1.49. The average Bonchev–Trinajstić information content (AvgIpc) is 2.45. The molecule has 7 heteroatoms. The van der Waals surface area contributed by atoms with Crippen LogP contribution < -0.4 is 10.1 Å². The van der Waals surface area contributed by atoms with E-state index < -0.39 is 0 Å². The van der Waals surface area contributed by atoms with Crippen molar-refractivity contribution in [3.8, 4) is 11.8 Å². The van der Waals surface area contributed by atoms with Gasteiger partial charge < -0.3 is 10.1 Å². The minimum absolute atomic E-state index is 0.107. The van der Waals surface area contributed by atoms with Crippen LogP contribution in [0, 0.1) is 0 Å². The number of benzene rings is 1. The van der Waals surface area contributed by atoms with Gasteiger partial charge in [0, 0.05) is 11.4 Å². The third kappa shape index (κ3) is 3.98. The van der Waals surface area contributed by atoms with Crippen LogP contribution in [-0.4, -0.2) is 27.8 Å². The van der Waals surface area contributed by atoms with Crippen molar-refractivity contribution >= 4 is 29.3 Å². The molecule has 1 heterocycles. The van der Waals surface area contributed by atoms with E-state index in [2.05, 4.69) is 27.2 Å². The smallest absolute Gasteiger partial charge is 0.328 e. The summed E-state index contributed by atoms with van der Waals surface area (Å²) in [7, 11) is 0. The lowest BCUT2D eigenvalue weighted by Crippen LogP contribution is -2.06. The second-order valence-corrected chi connectivity index (χ2v) is 5.08. The molecule has 0 aliphatic heterocycles. The second kappa shape index (κ2) is 7.31. The number of anilines is 1. The van der Waals surface area contributed by atoms with Crippen molar-refractivity contribution in [3.63, 3.8) is 0 Å². The summed E-state index contributed by atoms with van der Waals surface area (Å²) in [6.45, 7) is 2.82. The van der Waals surface area contributed by atoms with Crippen molar-refractivity contribution in [1.29, 1.82) is 0 Å². The van der Waals surface area contributed by atoms with Gasteiger partial charge in [-0.1, -0.05) is 19.1 Å². The van der Waals surface area contributed by atoms with E-state index >= 15 is 0 Å². The summed E-state index contributed by atoms with van der Waals surface area (Å²) in [5, 5.41) is 3.16. The van der Waals surface area contributed by atoms with Gasteiger partial charge in [-0.05, 0) is 36.4 Å². The molecule has 5 nitrogen and oxygen atoms in total. The Morgan fingerprint density at radius 1 is 1.25 bits per heavy atom. The Hall–Kier alpha value is -1.53. The summed E-state index contributed by atoms with van der Waals surface area (Å²) in [4.78, 5) is 13.2. The highest BCUT2D eigenvalue weighted by Crippen LogP contribution is 2.30. The normalized spacial score (nSPS) is 10.3. The molecule has 1 aromatic heterocycles. The van der Waals surface area contributed by atoms with Crippen LogP contribution >= 0.6 is 23.4 Å². The molecule has 1 aromatic carbocycles. The number of rotatable bonds is 6. The quantitative estimate of drug-likeness (QED) is 0.818. The fourth-order valence-corrected chi connectivity index (χ4v) is 2.17. The minimum Gasteiger partial charge on any atom is -0.423 e. The average molecular weight is 311 g/mol. The molecule has 20 heavy (non-hydrogen) atoms. The summed E-state index contributed by atoms with van der Waals surface area (Å²) in [6.07, 6.45) is 2.95. The Morgan fingerprint density at radius 2 is 2.05 bits per heavy atom. The Labute approximate surface area is 127 Å². The van der Waals surface area contributed by atoms with Crippen LogP contribution in [0.25, 0.3) is 0 Å². The first-order chi connectivity index (χ1) is 9.72. The summed E-state index contributed by atoms with van der Waals surface area (Å²) in [6, 6.07) is 7.87. The highest BCUT2D eigenvalue weighted by atomic mass is 35.5. The molecule has 1 N–H and O–H groups in total. The lowest BCUT2D eigenvalue weighted by Gasteiger charge is -2.09. The van der Waals surface area contributed by atoms with Crippen LogP contribution in [0.1, 0.15) is 13.3 Å². The molecule has 2 rings (SSSR count). The number of para-hydroxylation sites is 1. The zero-order chi connectivity index (χ0) is 14.4. The number of ether oxygens (including phenoxy) is 1. The van der Waals surface area contributed by atoms with Gasteiger partial charge in [0.05, 0.1) is 0 Å². The van der Waals surface area contributed by atoms with Gasteiger partial charge in [-0.3, -0.25) is 0 Å². The highest BCUT2D eigenvalue weighted by molar-refractivity contribution is 7.98. The van der Waals surface area contributed by atoms with E-state index in [1.807, 2.05) is 30.5 Å². The maximum Gasteiger partial charge on any atom is 0.328 e. The molecule has 0 amide bonds. The largest absolute Gasteiger partial charge is 0.423 e. The van der Waals surface area contributed by atoms with E-state index in [1.54, 1.807) is 11.8 Å². The second-order valence-electron chi connectivity index (χ2n) is 3.89. The van der Waals surface area contributed by atoms with Crippen molar-refractivity contribution in [1.82, 2.24) is 15.0 Å². The topological polar surface area (TPSA) is 59.9 Å². The molecule has 0 saturated carbocycles. The molecule has 0 aliphatic rings. The number of hydrogen-bond donors (Lipinski definition) is 1. The molecule has 0 bridgehead atoms. The molecule has 0 unspecified atom stereocenters. The summed E-state index contributed by atoms with van der Waals surface area (Å²) >= 11 is 7.47. The van der Waals surface area contributed by atoms with Gasteiger partial charge in [-0.2, -0.15) is 15.0 Å². The third-order valence-corrected chi connectivity index (χ3v) is 3.34. The monoisotopic (exact) mass is 310 g/mol.